The molecule has 6 nitrogen and oxygen atoms in total. The second kappa shape index (κ2) is 16.8. The van der Waals surface area contributed by atoms with E-state index in [1.54, 1.807) is 6.07 Å². The van der Waals surface area contributed by atoms with Gasteiger partial charge in [0, 0.05) is 19.5 Å². The molecule has 3 unspecified atom stereocenters. The van der Waals surface area contributed by atoms with Crippen LogP contribution in [0.1, 0.15) is 117 Å². The quantitative estimate of drug-likeness (QED) is 0.158. The predicted octanol–water partition coefficient (Wildman–Crippen LogP) is 6.97. The fourth-order valence-corrected chi connectivity index (χ4v) is 5.31. The van der Waals surface area contributed by atoms with Crippen molar-refractivity contribution in [1.29, 1.82) is 0 Å². The van der Waals surface area contributed by atoms with Crippen LogP contribution in [-0.4, -0.2) is 30.6 Å². The summed E-state index contributed by atoms with van der Waals surface area (Å²) in [5.41, 5.74) is 6.30. The Labute approximate surface area is 231 Å². The Morgan fingerprint density at radius 1 is 1.00 bits per heavy atom. The maximum absolute atomic E-state index is 12.1. The lowest BCUT2D eigenvalue weighted by Gasteiger charge is -2.36. The van der Waals surface area contributed by atoms with Crippen molar-refractivity contribution in [3.63, 3.8) is 0 Å². The predicted molar refractivity (Wildman–Crippen MR) is 155 cm³/mol. The van der Waals surface area contributed by atoms with Crippen LogP contribution in [0.15, 0.2) is 18.2 Å². The van der Waals surface area contributed by atoms with Gasteiger partial charge >= 0.3 is 5.97 Å². The summed E-state index contributed by atoms with van der Waals surface area (Å²) in [6.45, 7) is 12.5. The van der Waals surface area contributed by atoms with Crippen molar-refractivity contribution in [3.05, 3.63) is 23.8 Å². The number of rotatable bonds is 18. The number of benzene rings is 1. The van der Waals surface area contributed by atoms with E-state index < -0.39 is 5.97 Å². The van der Waals surface area contributed by atoms with Crippen LogP contribution < -0.4 is 20.5 Å². The second-order valence-electron chi connectivity index (χ2n) is 12.3. The van der Waals surface area contributed by atoms with Crippen LogP contribution in [0.2, 0.25) is 0 Å². The molecule has 6 heteroatoms. The molecular weight excluding hydrogens is 476 g/mol. The first-order valence-corrected chi connectivity index (χ1v) is 15.1. The van der Waals surface area contributed by atoms with Crippen LogP contribution >= 0.6 is 0 Å². The highest BCUT2D eigenvalue weighted by atomic mass is 16.5. The van der Waals surface area contributed by atoms with Crippen molar-refractivity contribution < 1.29 is 19.1 Å². The summed E-state index contributed by atoms with van der Waals surface area (Å²) >= 11 is 0. The van der Waals surface area contributed by atoms with E-state index in [1.165, 1.54) is 51.4 Å². The summed E-state index contributed by atoms with van der Waals surface area (Å²) in [5, 5.41) is 2.65. The van der Waals surface area contributed by atoms with Gasteiger partial charge in [0.05, 0.1) is 6.42 Å². The molecule has 1 aromatic rings. The molecule has 3 N–H and O–H groups in total. The summed E-state index contributed by atoms with van der Waals surface area (Å²) in [5.74, 6) is 3.23. The fourth-order valence-electron chi connectivity index (χ4n) is 5.31. The molecule has 0 saturated carbocycles. The SMILES string of the molecule is CC(C)CCCC(C)CCCC(C)CCCC1(C)CCc2cc(OC(=O)CCC(=O)NCCN)ccc2O1. The highest BCUT2D eigenvalue weighted by molar-refractivity contribution is 5.82. The van der Waals surface area contributed by atoms with Gasteiger partial charge in [-0.25, -0.2) is 0 Å². The molecule has 2 rings (SSSR count). The average Bonchev–Trinajstić information content (AvgIpc) is 2.86. The monoisotopic (exact) mass is 530 g/mol. The molecule has 216 valence electrons. The molecular formula is C32H54N2O4. The molecule has 0 spiro atoms. The van der Waals surface area contributed by atoms with E-state index in [2.05, 4.69) is 39.9 Å². The Morgan fingerprint density at radius 3 is 2.32 bits per heavy atom. The van der Waals surface area contributed by atoms with E-state index in [-0.39, 0.29) is 24.3 Å². The van der Waals surface area contributed by atoms with Gasteiger partial charge in [0.2, 0.25) is 5.91 Å². The Balaban J connectivity index is 1.68. The first-order chi connectivity index (χ1) is 18.1. The third-order valence-electron chi connectivity index (χ3n) is 7.84. The molecule has 38 heavy (non-hydrogen) atoms. The van der Waals surface area contributed by atoms with Crippen molar-refractivity contribution in [2.75, 3.05) is 13.1 Å². The number of amides is 1. The zero-order valence-electron chi connectivity index (χ0n) is 24.8. The van der Waals surface area contributed by atoms with Gasteiger partial charge < -0.3 is 20.5 Å². The normalized spacial score (nSPS) is 18.4. The zero-order chi connectivity index (χ0) is 28.0. The Kier molecular flexibility index (Phi) is 14.2. The van der Waals surface area contributed by atoms with Crippen LogP contribution in [0.4, 0.5) is 0 Å². The molecule has 3 atom stereocenters. The van der Waals surface area contributed by atoms with E-state index in [0.717, 1.165) is 48.3 Å². The summed E-state index contributed by atoms with van der Waals surface area (Å²) in [4.78, 5) is 23.8. The summed E-state index contributed by atoms with van der Waals surface area (Å²) < 4.78 is 11.9. The zero-order valence-corrected chi connectivity index (χ0v) is 24.8. The van der Waals surface area contributed by atoms with E-state index >= 15 is 0 Å². The molecule has 0 saturated heterocycles. The van der Waals surface area contributed by atoms with Gasteiger partial charge in [-0.15, -0.1) is 0 Å². The molecule has 1 heterocycles. The highest BCUT2D eigenvalue weighted by Crippen LogP contribution is 2.38. The Bertz CT molecular complexity index is 856. The average molecular weight is 531 g/mol. The van der Waals surface area contributed by atoms with Crippen molar-refractivity contribution in [2.24, 2.45) is 23.5 Å². The largest absolute Gasteiger partial charge is 0.487 e. The Morgan fingerprint density at radius 2 is 1.66 bits per heavy atom. The number of carbonyl (C=O) groups excluding carboxylic acids is 2. The summed E-state index contributed by atoms with van der Waals surface area (Å²) in [6.07, 6.45) is 13.7. The first-order valence-electron chi connectivity index (χ1n) is 15.1. The number of nitrogens with two attached hydrogens (primary N) is 1. The molecule has 0 bridgehead atoms. The molecule has 1 amide bonds. The van der Waals surface area contributed by atoms with E-state index in [4.69, 9.17) is 15.2 Å². The number of fused-ring (bicyclic) bond motifs is 1. The van der Waals surface area contributed by atoms with Crippen molar-refractivity contribution in [3.8, 4) is 11.5 Å². The maximum Gasteiger partial charge on any atom is 0.311 e. The van der Waals surface area contributed by atoms with E-state index in [0.29, 0.717) is 18.8 Å². The smallest absolute Gasteiger partial charge is 0.311 e. The standard InChI is InChI=1S/C32H54N2O4/c1-24(2)9-6-10-25(3)11-7-12-26(4)13-8-19-32(5)20-18-27-23-28(14-15-29(27)38-32)37-31(36)17-16-30(35)34-22-21-33/h14-15,23-26H,6-13,16-22,33H2,1-5H3,(H,34,35). The van der Waals surface area contributed by atoms with Crippen molar-refractivity contribution in [2.45, 2.75) is 124 Å². The minimum Gasteiger partial charge on any atom is -0.487 e. The number of ether oxygens (including phenoxy) is 2. The number of carbonyl (C=O) groups is 2. The molecule has 0 aromatic heterocycles. The fraction of sp³-hybridized carbons (Fsp3) is 0.750. The van der Waals surface area contributed by atoms with Gasteiger partial charge in [0.25, 0.3) is 0 Å². The van der Waals surface area contributed by atoms with Gasteiger partial charge in [0.15, 0.2) is 0 Å². The molecule has 0 fully saturated rings. The van der Waals surface area contributed by atoms with Crippen LogP contribution in [0.25, 0.3) is 0 Å². The lowest BCUT2D eigenvalue weighted by atomic mass is 9.86. The minimum absolute atomic E-state index is 0.0395. The number of nitrogens with one attached hydrogen (secondary N) is 1. The Hall–Kier alpha value is -2.08. The van der Waals surface area contributed by atoms with Crippen LogP contribution in [0.3, 0.4) is 0 Å². The van der Waals surface area contributed by atoms with Gasteiger partial charge in [0.1, 0.15) is 17.1 Å². The molecule has 1 aliphatic rings. The number of aryl methyl sites for hydroxylation is 1. The maximum atomic E-state index is 12.1. The van der Waals surface area contributed by atoms with E-state index in [1.807, 2.05) is 12.1 Å². The lowest BCUT2D eigenvalue weighted by Crippen LogP contribution is -2.36. The van der Waals surface area contributed by atoms with Crippen molar-refractivity contribution >= 4 is 11.9 Å². The molecule has 1 aliphatic heterocycles. The third kappa shape index (κ3) is 12.6. The second-order valence-corrected chi connectivity index (χ2v) is 12.3. The topological polar surface area (TPSA) is 90.7 Å². The minimum atomic E-state index is -0.413. The van der Waals surface area contributed by atoms with Gasteiger partial charge in [-0.2, -0.15) is 0 Å². The van der Waals surface area contributed by atoms with Crippen LogP contribution in [-0.2, 0) is 16.0 Å². The first kappa shape index (κ1) is 32.1. The highest BCUT2D eigenvalue weighted by Gasteiger charge is 2.31. The molecule has 0 radical (unpaired) electrons. The number of hydrogen-bond acceptors (Lipinski definition) is 5. The summed E-state index contributed by atoms with van der Waals surface area (Å²) in [6, 6.07) is 5.59. The number of esters is 1. The van der Waals surface area contributed by atoms with Crippen molar-refractivity contribution in [1.82, 2.24) is 5.32 Å². The molecule has 1 aromatic carbocycles. The van der Waals surface area contributed by atoms with Gasteiger partial charge in [-0.3, -0.25) is 9.59 Å². The molecule has 0 aliphatic carbocycles. The van der Waals surface area contributed by atoms with E-state index in [9.17, 15) is 9.59 Å². The van der Waals surface area contributed by atoms with Crippen LogP contribution in [0, 0.1) is 17.8 Å². The van der Waals surface area contributed by atoms with Crippen LogP contribution in [0.5, 0.6) is 11.5 Å². The van der Waals surface area contributed by atoms with Gasteiger partial charge in [-0.1, -0.05) is 72.6 Å². The lowest BCUT2D eigenvalue weighted by molar-refractivity contribution is -0.136. The third-order valence-corrected chi connectivity index (χ3v) is 7.84. The number of hydrogen-bond donors (Lipinski definition) is 2. The van der Waals surface area contributed by atoms with Gasteiger partial charge in [-0.05, 0) is 74.1 Å². The summed E-state index contributed by atoms with van der Waals surface area (Å²) in [7, 11) is 0.